The molecule has 0 fully saturated rings. The number of rotatable bonds is 6. The van der Waals surface area contributed by atoms with E-state index in [9.17, 15) is 18.3 Å². The molecule has 0 heterocycles. The Hall–Kier alpha value is -2.25. The standard InChI is InChI=1S/C15H14ClNO5S/c1-2-22-11-5-3-10(4-6-11)17-23(20,21)12-7-8-14(16)13(9-12)15(18)19/h3-9,17H,2H2,1H3,(H,18,19)/p-1. The predicted octanol–water partition coefficient (Wildman–Crippen LogP) is 1.90. The van der Waals surface area contributed by atoms with Gasteiger partial charge in [-0.05, 0) is 49.4 Å². The second-order valence-electron chi connectivity index (χ2n) is 4.49. The molecular formula is C15H13ClNO5S-. The predicted molar refractivity (Wildman–Crippen MR) is 84.2 cm³/mol. The topological polar surface area (TPSA) is 95.5 Å². The van der Waals surface area contributed by atoms with Crippen LogP contribution in [0.5, 0.6) is 5.75 Å². The minimum atomic E-state index is -3.95. The van der Waals surface area contributed by atoms with Crippen LogP contribution in [-0.4, -0.2) is 21.0 Å². The minimum absolute atomic E-state index is 0.0926. The van der Waals surface area contributed by atoms with Crippen LogP contribution >= 0.6 is 11.6 Å². The summed E-state index contributed by atoms with van der Waals surface area (Å²) in [5.74, 6) is -0.936. The highest BCUT2D eigenvalue weighted by Crippen LogP contribution is 2.23. The highest BCUT2D eigenvalue weighted by molar-refractivity contribution is 7.92. The quantitative estimate of drug-likeness (QED) is 0.854. The molecule has 0 saturated heterocycles. The largest absolute Gasteiger partial charge is 0.545 e. The zero-order chi connectivity index (χ0) is 17.0. The molecule has 0 aliphatic heterocycles. The minimum Gasteiger partial charge on any atom is -0.545 e. The van der Waals surface area contributed by atoms with Crippen LogP contribution in [0, 0.1) is 0 Å². The second-order valence-corrected chi connectivity index (χ2v) is 6.58. The molecule has 0 amide bonds. The van der Waals surface area contributed by atoms with Crippen molar-refractivity contribution in [1.82, 2.24) is 0 Å². The number of carbonyl (C=O) groups is 1. The monoisotopic (exact) mass is 354 g/mol. The van der Waals surface area contributed by atoms with Crippen LogP contribution in [0.4, 0.5) is 5.69 Å². The first-order valence-electron chi connectivity index (χ1n) is 6.60. The molecule has 0 unspecified atom stereocenters. The van der Waals surface area contributed by atoms with Crippen LogP contribution < -0.4 is 14.6 Å². The summed E-state index contributed by atoms with van der Waals surface area (Å²) < 4.78 is 32.2. The Morgan fingerprint density at radius 2 is 1.87 bits per heavy atom. The van der Waals surface area contributed by atoms with Crippen molar-refractivity contribution in [3.8, 4) is 5.75 Å². The van der Waals surface area contributed by atoms with Gasteiger partial charge in [0.1, 0.15) is 5.75 Å². The molecule has 0 bridgehead atoms. The number of hydrogen-bond donors (Lipinski definition) is 1. The molecule has 0 aliphatic carbocycles. The highest BCUT2D eigenvalue weighted by atomic mass is 35.5. The Kier molecular flexibility index (Phi) is 5.12. The van der Waals surface area contributed by atoms with E-state index in [1.165, 1.54) is 24.3 Å². The number of halogens is 1. The lowest BCUT2D eigenvalue weighted by atomic mass is 10.2. The van der Waals surface area contributed by atoms with Crippen molar-refractivity contribution in [3.63, 3.8) is 0 Å². The molecule has 23 heavy (non-hydrogen) atoms. The van der Waals surface area contributed by atoms with Gasteiger partial charge in [0.05, 0.1) is 17.5 Å². The van der Waals surface area contributed by atoms with Crippen molar-refractivity contribution in [2.24, 2.45) is 0 Å². The van der Waals surface area contributed by atoms with E-state index in [4.69, 9.17) is 16.3 Å². The van der Waals surface area contributed by atoms with Gasteiger partial charge >= 0.3 is 0 Å². The summed E-state index contributed by atoms with van der Waals surface area (Å²) in [5, 5.41) is 10.8. The molecule has 0 aliphatic rings. The zero-order valence-electron chi connectivity index (χ0n) is 12.1. The molecule has 0 atom stereocenters. The van der Waals surface area contributed by atoms with Gasteiger partial charge in [-0.3, -0.25) is 4.72 Å². The first kappa shape index (κ1) is 17.1. The Bertz CT molecular complexity index is 818. The molecule has 0 spiro atoms. The highest BCUT2D eigenvalue weighted by Gasteiger charge is 2.16. The maximum Gasteiger partial charge on any atom is 0.261 e. The van der Waals surface area contributed by atoms with E-state index in [0.29, 0.717) is 18.0 Å². The van der Waals surface area contributed by atoms with Crippen molar-refractivity contribution in [1.29, 1.82) is 0 Å². The van der Waals surface area contributed by atoms with Gasteiger partial charge in [-0.2, -0.15) is 0 Å². The lowest BCUT2D eigenvalue weighted by Crippen LogP contribution is -2.23. The van der Waals surface area contributed by atoms with E-state index in [1.807, 2.05) is 6.92 Å². The molecule has 8 heteroatoms. The first-order chi connectivity index (χ1) is 10.8. The first-order valence-corrected chi connectivity index (χ1v) is 8.46. The number of nitrogens with one attached hydrogen (secondary N) is 1. The number of sulfonamides is 1. The van der Waals surface area contributed by atoms with E-state index in [-0.39, 0.29) is 15.5 Å². The number of carbonyl (C=O) groups excluding carboxylic acids is 1. The Labute approximate surface area is 138 Å². The summed E-state index contributed by atoms with van der Waals surface area (Å²) >= 11 is 5.70. The van der Waals surface area contributed by atoms with Crippen LogP contribution in [0.1, 0.15) is 17.3 Å². The Balaban J connectivity index is 2.28. The third-order valence-electron chi connectivity index (χ3n) is 2.89. The van der Waals surface area contributed by atoms with E-state index in [0.717, 1.165) is 6.07 Å². The molecule has 2 aromatic rings. The van der Waals surface area contributed by atoms with Crippen LogP contribution in [-0.2, 0) is 10.0 Å². The van der Waals surface area contributed by atoms with Gasteiger partial charge in [0, 0.05) is 16.3 Å². The number of carboxylic acid groups (broad SMARTS) is 1. The van der Waals surface area contributed by atoms with Crippen molar-refractivity contribution in [3.05, 3.63) is 53.1 Å². The number of carboxylic acids is 1. The summed E-state index contributed by atoms with van der Waals surface area (Å²) in [6, 6.07) is 9.68. The van der Waals surface area contributed by atoms with Gasteiger partial charge in [-0.1, -0.05) is 11.6 Å². The maximum absolute atomic E-state index is 12.3. The fourth-order valence-corrected chi connectivity index (χ4v) is 3.11. The van der Waals surface area contributed by atoms with Crippen LogP contribution in [0.15, 0.2) is 47.4 Å². The summed E-state index contributed by atoms with van der Waals surface area (Å²) in [6.45, 7) is 2.34. The van der Waals surface area contributed by atoms with E-state index >= 15 is 0 Å². The molecule has 0 radical (unpaired) electrons. The third-order valence-corrected chi connectivity index (χ3v) is 4.59. The lowest BCUT2D eigenvalue weighted by molar-refractivity contribution is -0.255. The zero-order valence-corrected chi connectivity index (χ0v) is 13.6. The second kappa shape index (κ2) is 6.89. The van der Waals surface area contributed by atoms with Gasteiger partial charge in [0.15, 0.2) is 0 Å². The number of hydrogen-bond acceptors (Lipinski definition) is 5. The van der Waals surface area contributed by atoms with Crippen LogP contribution in [0.3, 0.4) is 0 Å². The molecule has 0 saturated carbocycles. The number of benzene rings is 2. The Morgan fingerprint density at radius 3 is 2.43 bits per heavy atom. The fraction of sp³-hybridized carbons (Fsp3) is 0.133. The van der Waals surface area contributed by atoms with Gasteiger partial charge < -0.3 is 14.6 Å². The molecule has 6 nitrogen and oxygen atoms in total. The summed E-state index contributed by atoms with van der Waals surface area (Å²) in [7, 11) is -3.95. The maximum atomic E-state index is 12.3. The molecule has 1 N–H and O–H groups in total. The number of anilines is 1. The SMILES string of the molecule is CCOc1ccc(NS(=O)(=O)c2ccc(Cl)c(C(=O)[O-])c2)cc1. The summed E-state index contributed by atoms with van der Waals surface area (Å²) in [5.41, 5.74) is -0.0698. The fourth-order valence-electron chi connectivity index (χ4n) is 1.83. The molecular weight excluding hydrogens is 342 g/mol. The van der Waals surface area contributed by atoms with Gasteiger partial charge in [0.2, 0.25) is 0 Å². The van der Waals surface area contributed by atoms with Crippen molar-refractivity contribution in [2.75, 3.05) is 11.3 Å². The average Bonchev–Trinajstić information content (AvgIpc) is 2.49. The normalized spacial score (nSPS) is 11.0. The third kappa shape index (κ3) is 4.14. The van der Waals surface area contributed by atoms with Gasteiger partial charge in [-0.15, -0.1) is 0 Å². The van der Waals surface area contributed by atoms with Crippen LogP contribution in [0.25, 0.3) is 0 Å². The van der Waals surface area contributed by atoms with Gasteiger partial charge in [-0.25, -0.2) is 8.42 Å². The molecule has 0 aromatic heterocycles. The number of aromatic carboxylic acids is 1. The average molecular weight is 355 g/mol. The lowest BCUT2D eigenvalue weighted by Gasteiger charge is -2.11. The van der Waals surface area contributed by atoms with Crippen molar-refractivity contribution in [2.45, 2.75) is 11.8 Å². The smallest absolute Gasteiger partial charge is 0.261 e. The molecule has 2 rings (SSSR count). The summed E-state index contributed by atoms with van der Waals surface area (Å²) in [6.07, 6.45) is 0. The van der Waals surface area contributed by atoms with E-state index in [1.54, 1.807) is 12.1 Å². The van der Waals surface area contributed by atoms with Crippen LogP contribution in [0.2, 0.25) is 5.02 Å². The Morgan fingerprint density at radius 1 is 1.22 bits per heavy atom. The van der Waals surface area contributed by atoms with Gasteiger partial charge in [0.25, 0.3) is 10.0 Å². The van der Waals surface area contributed by atoms with Crippen molar-refractivity contribution >= 4 is 33.3 Å². The van der Waals surface area contributed by atoms with E-state index in [2.05, 4.69) is 4.72 Å². The van der Waals surface area contributed by atoms with Crippen molar-refractivity contribution < 1.29 is 23.1 Å². The summed E-state index contributed by atoms with van der Waals surface area (Å²) in [4.78, 5) is 10.7. The van der Waals surface area contributed by atoms with E-state index < -0.39 is 16.0 Å². The molecule has 122 valence electrons. The molecule has 2 aromatic carbocycles. The number of ether oxygens (including phenoxy) is 1.